The standard InChI is InChI=1S/C30H38N/c1-8-29(7)30(9-2,10-3)26-17-16-23(22-14-12-11-13-15-22)20-25(26)27-21-24(28(4,5)6)18-19-31(27)29/h11-21H,8-10H2,1-7H3/q+1. The summed E-state index contributed by atoms with van der Waals surface area (Å²) in [4.78, 5) is 0. The molecule has 0 bridgehead atoms. The maximum atomic E-state index is 2.60. The maximum Gasteiger partial charge on any atom is 0.213 e. The third kappa shape index (κ3) is 3.16. The van der Waals surface area contributed by atoms with Gasteiger partial charge in [-0.15, -0.1) is 0 Å². The summed E-state index contributed by atoms with van der Waals surface area (Å²) in [5, 5.41) is 0. The van der Waals surface area contributed by atoms with Gasteiger partial charge in [0.25, 0.3) is 0 Å². The van der Waals surface area contributed by atoms with Gasteiger partial charge in [0.2, 0.25) is 5.69 Å². The largest absolute Gasteiger partial charge is 0.213 e. The molecule has 3 aromatic rings. The van der Waals surface area contributed by atoms with Crippen molar-refractivity contribution in [2.45, 2.75) is 84.1 Å². The van der Waals surface area contributed by atoms with E-state index in [-0.39, 0.29) is 16.4 Å². The summed E-state index contributed by atoms with van der Waals surface area (Å²) in [7, 11) is 0. The minimum atomic E-state index is 0.0451. The highest BCUT2D eigenvalue weighted by atomic mass is 15.1. The topological polar surface area (TPSA) is 3.88 Å². The van der Waals surface area contributed by atoms with Crippen LogP contribution in [0.4, 0.5) is 0 Å². The average molecular weight is 413 g/mol. The van der Waals surface area contributed by atoms with Gasteiger partial charge in [0.15, 0.2) is 11.7 Å². The normalized spacial score (nSPS) is 19.6. The monoisotopic (exact) mass is 412 g/mol. The Hall–Kier alpha value is -2.41. The highest BCUT2D eigenvalue weighted by Gasteiger charge is 2.58. The summed E-state index contributed by atoms with van der Waals surface area (Å²) in [5.74, 6) is 0. The Morgan fingerprint density at radius 1 is 0.774 bits per heavy atom. The minimum Gasteiger partial charge on any atom is -0.192 e. The van der Waals surface area contributed by atoms with E-state index < -0.39 is 0 Å². The molecule has 1 atom stereocenters. The molecule has 1 aliphatic heterocycles. The van der Waals surface area contributed by atoms with Crippen LogP contribution in [0.2, 0.25) is 0 Å². The van der Waals surface area contributed by atoms with Gasteiger partial charge in [-0.2, -0.15) is 4.57 Å². The van der Waals surface area contributed by atoms with Crippen molar-refractivity contribution in [2.75, 3.05) is 0 Å². The number of pyridine rings is 1. The van der Waals surface area contributed by atoms with Crippen LogP contribution < -0.4 is 4.57 Å². The van der Waals surface area contributed by atoms with Gasteiger partial charge in [-0.1, -0.05) is 84.0 Å². The zero-order chi connectivity index (χ0) is 22.4. The predicted octanol–water partition coefficient (Wildman–Crippen LogP) is 7.80. The van der Waals surface area contributed by atoms with Crippen molar-refractivity contribution in [3.05, 3.63) is 78.0 Å². The van der Waals surface area contributed by atoms with Crippen molar-refractivity contribution in [2.24, 2.45) is 0 Å². The first-order valence-electron chi connectivity index (χ1n) is 12.0. The van der Waals surface area contributed by atoms with E-state index >= 15 is 0 Å². The second-order valence-corrected chi connectivity index (χ2v) is 10.5. The average Bonchev–Trinajstić information content (AvgIpc) is 2.79. The molecule has 1 unspecified atom stereocenters. The van der Waals surface area contributed by atoms with Crippen LogP contribution in [-0.4, -0.2) is 0 Å². The number of hydrogen-bond acceptors (Lipinski definition) is 0. The minimum absolute atomic E-state index is 0.0451. The molecule has 0 aliphatic carbocycles. The predicted molar refractivity (Wildman–Crippen MR) is 132 cm³/mol. The summed E-state index contributed by atoms with van der Waals surface area (Å²) in [6.45, 7) is 16.5. The summed E-state index contributed by atoms with van der Waals surface area (Å²) < 4.78 is 2.60. The van der Waals surface area contributed by atoms with E-state index in [0.29, 0.717) is 0 Å². The number of rotatable bonds is 4. The fourth-order valence-electron chi connectivity index (χ4n) is 6.01. The molecule has 0 fully saturated rings. The van der Waals surface area contributed by atoms with Crippen LogP contribution in [0.25, 0.3) is 22.4 Å². The van der Waals surface area contributed by atoms with Gasteiger partial charge >= 0.3 is 0 Å². The summed E-state index contributed by atoms with van der Waals surface area (Å²) in [6, 6.07) is 22.8. The molecule has 0 spiro atoms. The second kappa shape index (κ2) is 7.62. The van der Waals surface area contributed by atoms with Crippen molar-refractivity contribution in [1.29, 1.82) is 0 Å². The zero-order valence-corrected chi connectivity index (χ0v) is 20.4. The molecule has 1 heteroatoms. The van der Waals surface area contributed by atoms with Crippen molar-refractivity contribution in [3.8, 4) is 22.4 Å². The molecule has 1 aliphatic rings. The zero-order valence-electron chi connectivity index (χ0n) is 20.4. The molecule has 162 valence electrons. The Labute approximate surface area is 189 Å². The van der Waals surface area contributed by atoms with Crippen LogP contribution in [0.1, 0.15) is 78.9 Å². The summed E-state index contributed by atoms with van der Waals surface area (Å²) >= 11 is 0. The van der Waals surface area contributed by atoms with Crippen LogP contribution in [-0.2, 0) is 16.4 Å². The van der Waals surface area contributed by atoms with Crippen LogP contribution in [0, 0.1) is 0 Å². The van der Waals surface area contributed by atoms with E-state index in [4.69, 9.17) is 0 Å². The smallest absolute Gasteiger partial charge is 0.192 e. The van der Waals surface area contributed by atoms with Gasteiger partial charge in [-0.05, 0) is 46.6 Å². The first-order valence-corrected chi connectivity index (χ1v) is 12.0. The lowest BCUT2D eigenvalue weighted by Crippen LogP contribution is -2.68. The first kappa shape index (κ1) is 21.8. The molecule has 4 rings (SSSR count). The third-order valence-corrected chi connectivity index (χ3v) is 8.20. The molecular formula is C30H38N+. The Bertz CT molecular complexity index is 1080. The van der Waals surface area contributed by atoms with E-state index in [1.165, 1.54) is 33.5 Å². The van der Waals surface area contributed by atoms with E-state index in [1.54, 1.807) is 0 Å². The Morgan fingerprint density at radius 3 is 2.03 bits per heavy atom. The molecule has 0 saturated heterocycles. The van der Waals surface area contributed by atoms with Gasteiger partial charge in [0, 0.05) is 25.5 Å². The Kier molecular flexibility index (Phi) is 5.36. The van der Waals surface area contributed by atoms with Crippen molar-refractivity contribution < 1.29 is 4.57 Å². The number of aromatic nitrogens is 1. The number of fused-ring (bicyclic) bond motifs is 3. The maximum absolute atomic E-state index is 2.60. The third-order valence-electron chi connectivity index (χ3n) is 8.20. The molecule has 2 aromatic carbocycles. The molecule has 1 aromatic heterocycles. The molecule has 0 radical (unpaired) electrons. The summed E-state index contributed by atoms with van der Waals surface area (Å²) in [6.07, 6.45) is 5.76. The molecule has 2 heterocycles. The first-order chi connectivity index (χ1) is 14.7. The number of benzene rings is 2. The highest BCUT2D eigenvalue weighted by Crippen LogP contribution is 2.52. The second-order valence-electron chi connectivity index (χ2n) is 10.5. The highest BCUT2D eigenvalue weighted by molar-refractivity contribution is 5.75. The van der Waals surface area contributed by atoms with Crippen LogP contribution >= 0.6 is 0 Å². The lowest BCUT2D eigenvalue weighted by Gasteiger charge is -2.48. The van der Waals surface area contributed by atoms with E-state index in [0.717, 1.165) is 19.3 Å². The van der Waals surface area contributed by atoms with Crippen molar-refractivity contribution >= 4 is 0 Å². The van der Waals surface area contributed by atoms with Crippen LogP contribution in [0.15, 0.2) is 66.9 Å². The molecule has 0 amide bonds. The molecule has 31 heavy (non-hydrogen) atoms. The molecular weight excluding hydrogens is 374 g/mol. The fraction of sp³-hybridized carbons (Fsp3) is 0.433. The van der Waals surface area contributed by atoms with Gasteiger partial charge < -0.3 is 0 Å². The molecule has 0 saturated carbocycles. The van der Waals surface area contributed by atoms with Gasteiger partial charge in [-0.3, -0.25) is 0 Å². The van der Waals surface area contributed by atoms with Gasteiger partial charge in [0.1, 0.15) is 0 Å². The SMILES string of the molecule is CCC1(CC)c2ccc(-c3ccccc3)cc2-c2cc(C(C)(C)C)cc[n+]2C1(C)CC. The van der Waals surface area contributed by atoms with Crippen LogP contribution in [0.5, 0.6) is 0 Å². The summed E-state index contributed by atoms with van der Waals surface area (Å²) in [5.41, 5.74) is 8.56. The fourth-order valence-corrected chi connectivity index (χ4v) is 6.01. The lowest BCUT2D eigenvalue weighted by atomic mass is 9.58. The Morgan fingerprint density at radius 2 is 1.45 bits per heavy atom. The van der Waals surface area contributed by atoms with Crippen molar-refractivity contribution in [3.63, 3.8) is 0 Å². The Balaban J connectivity index is 2.08. The number of nitrogens with zero attached hydrogens (tertiary/aromatic N) is 1. The van der Waals surface area contributed by atoms with E-state index in [2.05, 4.69) is 120 Å². The molecule has 0 N–H and O–H groups in total. The van der Waals surface area contributed by atoms with Crippen LogP contribution in [0.3, 0.4) is 0 Å². The van der Waals surface area contributed by atoms with E-state index in [1.807, 2.05) is 0 Å². The quantitative estimate of drug-likeness (QED) is 0.385. The lowest BCUT2D eigenvalue weighted by molar-refractivity contribution is -0.766. The van der Waals surface area contributed by atoms with Crippen molar-refractivity contribution in [1.82, 2.24) is 0 Å². The molecule has 1 nitrogen and oxygen atoms in total. The number of hydrogen-bond donors (Lipinski definition) is 0. The van der Waals surface area contributed by atoms with E-state index in [9.17, 15) is 0 Å². The van der Waals surface area contributed by atoms with Gasteiger partial charge in [-0.25, -0.2) is 0 Å². The van der Waals surface area contributed by atoms with Gasteiger partial charge in [0.05, 0.1) is 11.0 Å².